The molecule has 1 aliphatic heterocycles. The summed E-state index contributed by atoms with van der Waals surface area (Å²) in [6, 6.07) is 17.9. The topological polar surface area (TPSA) is 21.7 Å². The van der Waals surface area contributed by atoms with Crippen LogP contribution in [0.25, 0.3) is 0 Å². The number of hydrogen-bond acceptors (Lipinski definition) is 3. The number of ether oxygens (including phenoxy) is 2. The first-order valence-corrected chi connectivity index (χ1v) is 7.93. The van der Waals surface area contributed by atoms with Gasteiger partial charge in [0.05, 0.1) is 6.61 Å². The summed E-state index contributed by atoms with van der Waals surface area (Å²) in [5.74, 6) is 0.890. The molecule has 0 aliphatic carbocycles. The zero-order valence-electron chi connectivity index (χ0n) is 12.5. The van der Waals surface area contributed by atoms with E-state index in [1.165, 1.54) is 5.56 Å². The van der Waals surface area contributed by atoms with Crippen molar-refractivity contribution in [2.45, 2.75) is 12.6 Å². The molecule has 1 aliphatic rings. The van der Waals surface area contributed by atoms with Gasteiger partial charge in [-0.1, -0.05) is 41.9 Å². The van der Waals surface area contributed by atoms with Crippen molar-refractivity contribution in [1.82, 2.24) is 4.90 Å². The van der Waals surface area contributed by atoms with Gasteiger partial charge in [-0.2, -0.15) is 0 Å². The minimum Gasteiger partial charge on any atom is -0.491 e. The molecule has 0 saturated carbocycles. The fourth-order valence-electron chi connectivity index (χ4n) is 2.58. The van der Waals surface area contributed by atoms with Crippen LogP contribution in [0, 0.1) is 0 Å². The van der Waals surface area contributed by atoms with E-state index in [1.807, 2.05) is 42.5 Å². The first-order chi connectivity index (χ1) is 10.8. The molecule has 3 nitrogen and oxygen atoms in total. The summed E-state index contributed by atoms with van der Waals surface area (Å²) in [6.07, 6.45) is 0.112. The van der Waals surface area contributed by atoms with Crippen molar-refractivity contribution in [1.29, 1.82) is 0 Å². The second kappa shape index (κ2) is 7.63. The fraction of sp³-hybridized carbons (Fsp3) is 0.333. The lowest BCUT2D eigenvalue weighted by molar-refractivity contribution is -0.0504. The van der Waals surface area contributed by atoms with Crippen molar-refractivity contribution in [2.24, 2.45) is 0 Å². The predicted molar refractivity (Wildman–Crippen MR) is 88.4 cm³/mol. The van der Waals surface area contributed by atoms with Crippen LogP contribution in [0.5, 0.6) is 5.75 Å². The molecular formula is C18H20ClNO2. The van der Waals surface area contributed by atoms with Crippen LogP contribution in [0.1, 0.15) is 5.56 Å². The third kappa shape index (κ3) is 4.47. The van der Waals surface area contributed by atoms with E-state index < -0.39 is 0 Å². The van der Waals surface area contributed by atoms with E-state index in [9.17, 15) is 0 Å². The average Bonchev–Trinajstić information content (AvgIpc) is 2.57. The van der Waals surface area contributed by atoms with Crippen LogP contribution in [-0.4, -0.2) is 37.3 Å². The van der Waals surface area contributed by atoms with E-state index >= 15 is 0 Å². The molecule has 0 aromatic heterocycles. The third-order valence-electron chi connectivity index (χ3n) is 3.72. The number of hydrogen-bond donors (Lipinski definition) is 0. The molecule has 1 atom stereocenters. The molecule has 2 aromatic rings. The molecule has 3 rings (SSSR count). The zero-order chi connectivity index (χ0) is 15.2. The van der Waals surface area contributed by atoms with Gasteiger partial charge in [-0.05, 0) is 29.8 Å². The summed E-state index contributed by atoms with van der Waals surface area (Å²) < 4.78 is 11.6. The van der Waals surface area contributed by atoms with Gasteiger partial charge in [-0.15, -0.1) is 0 Å². The Hall–Kier alpha value is -1.55. The zero-order valence-corrected chi connectivity index (χ0v) is 13.2. The summed E-state index contributed by atoms with van der Waals surface area (Å²) in [6.45, 7) is 4.08. The van der Waals surface area contributed by atoms with Gasteiger partial charge in [0.2, 0.25) is 0 Å². The predicted octanol–water partition coefficient (Wildman–Crippen LogP) is 3.62. The Kier molecular flexibility index (Phi) is 5.33. The summed E-state index contributed by atoms with van der Waals surface area (Å²) in [7, 11) is 0. The molecule has 2 aromatic carbocycles. The number of rotatable bonds is 5. The average molecular weight is 318 g/mol. The molecule has 1 saturated heterocycles. The molecular weight excluding hydrogens is 298 g/mol. The van der Waals surface area contributed by atoms with Crippen LogP contribution in [0.4, 0.5) is 0 Å². The summed E-state index contributed by atoms with van der Waals surface area (Å²) in [4.78, 5) is 2.39. The second-order valence-corrected chi connectivity index (χ2v) is 5.91. The molecule has 0 amide bonds. The Bertz CT molecular complexity index is 573. The summed E-state index contributed by atoms with van der Waals surface area (Å²) in [5, 5.41) is 0.778. The van der Waals surface area contributed by atoms with Gasteiger partial charge in [0, 0.05) is 24.7 Å². The molecule has 22 heavy (non-hydrogen) atoms. The molecule has 1 heterocycles. The van der Waals surface area contributed by atoms with Gasteiger partial charge in [0.25, 0.3) is 0 Å². The van der Waals surface area contributed by atoms with Crippen LogP contribution >= 0.6 is 11.6 Å². The summed E-state index contributed by atoms with van der Waals surface area (Å²) >= 11 is 5.93. The van der Waals surface area contributed by atoms with Crippen molar-refractivity contribution in [2.75, 3.05) is 26.3 Å². The highest BCUT2D eigenvalue weighted by atomic mass is 35.5. The summed E-state index contributed by atoms with van der Waals surface area (Å²) in [5.41, 5.74) is 1.27. The second-order valence-electron chi connectivity index (χ2n) is 5.48. The van der Waals surface area contributed by atoms with Crippen molar-refractivity contribution >= 4 is 11.6 Å². The molecule has 1 unspecified atom stereocenters. The van der Waals surface area contributed by atoms with E-state index in [1.54, 1.807) is 0 Å². The van der Waals surface area contributed by atoms with Crippen LogP contribution in [-0.2, 0) is 11.3 Å². The number of nitrogens with zero attached hydrogens (tertiary/aromatic N) is 1. The first-order valence-electron chi connectivity index (χ1n) is 7.56. The maximum atomic E-state index is 5.93. The number of benzene rings is 2. The Morgan fingerprint density at radius 2 is 1.86 bits per heavy atom. The standard InChI is InChI=1S/C18H20ClNO2/c19-16-8-6-15(7-9-16)12-20-10-11-21-18(13-20)14-22-17-4-2-1-3-5-17/h1-9,18H,10-14H2. The minimum absolute atomic E-state index is 0.112. The van der Waals surface area contributed by atoms with Crippen LogP contribution in [0.3, 0.4) is 0 Å². The molecule has 116 valence electrons. The van der Waals surface area contributed by atoms with E-state index in [2.05, 4.69) is 17.0 Å². The van der Waals surface area contributed by atoms with Gasteiger partial charge < -0.3 is 9.47 Å². The van der Waals surface area contributed by atoms with E-state index in [0.717, 1.165) is 37.0 Å². The SMILES string of the molecule is Clc1ccc(CN2CCOC(COc3ccccc3)C2)cc1. The molecule has 0 bridgehead atoms. The van der Waals surface area contributed by atoms with Gasteiger partial charge in [-0.25, -0.2) is 0 Å². The number of halogens is 1. The first kappa shape index (κ1) is 15.3. The number of para-hydroxylation sites is 1. The minimum atomic E-state index is 0.112. The molecule has 0 radical (unpaired) electrons. The normalized spacial score (nSPS) is 19.0. The van der Waals surface area contributed by atoms with E-state index in [0.29, 0.717) is 6.61 Å². The maximum Gasteiger partial charge on any atom is 0.119 e. The molecule has 0 spiro atoms. The lowest BCUT2D eigenvalue weighted by atomic mass is 10.2. The molecule has 1 fully saturated rings. The smallest absolute Gasteiger partial charge is 0.119 e. The highest BCUT2D eigenvalue weighted by Gasteiger charge is 2.21. The van der Waals surface area contributed by atoms with Gasteiger partial charge in [0.1, 0.15) is 18.5 Å². The van der Waals surface area contributed by atoms with Crippen molar-refractivity contribution in [3.8, 4) is 5.75 Å². The van der Waals surface area contributed by atoms with Gasteiger partial charge in [0.15, 0.2) is 0 Å². The maximum absolute atomic E-state index is 5.93. The highest BCUT2D eigenvalue weighted by molar-refractivity contribution is 6.30. The van der Waals surface area contributed by atoms with Crippen molar-refractivity contribution in [3.63, 3.8) is 0 Å². The van der Waals surface area contributed by atoms with Crippen LogP contribution < -0.4 is 4.74 Å². The van der Waals surface area contributed by atoms with Gasteiger partial charge in [-0.3, -0.25) is 4.90 Å². The van der Waals surface area contributed by atoms with Crippen molar-refractivity contribution in [3.05, 3.63) is 65.2 Å². The fourth-order valence-corrected chi connectivity index (χ4v) is 2.70. The van der Waals surface area contributed by atoms with E-state index in [4.69, 9.17) is 21.1 Å². The lowest BCUT2D eigenvalue weighted by Crippen LogP contribution is -2.44. The van der Waals surface area contributed by atoms with Crippen molar-refractivity contribution < 1.29 is 9.47 Å². The van der Waals surface area contributed by atoms with Crippen LogP contribution in [0.2, 0.25) is 5.02 Å². The Balaban J connectivity index is 1.49. The highest BCUT2D eigenvalue weighted by Crippen LogP contribution is 2.15. The Labute approximate surface area is 136 Å². The third-order valence-corrected chi connectivity index (χ3v) is 3.97. The Morgan fingerprint density at radius 3 is 2.64 bits per heavy atom. The monoisotopic (exact) mass is 317 g/mol. The molecule has 0 N–H and O–H groups in total. The largest absolute Gasteiger partial charge is 0.491 e. The lowest BCUT2D eigenvalue weighted by Gasteiger charge is -2.32. The van der Waals surface area contributed by atoms with E-state index in [-0.39, 0.29) is 6.10 Å². The van der Waals surface area contributed by atoms with Crippen LogP contribution in [0.15, 0.2) is 54.6 Å². The molecule has 4 heteroatoms. The number of morpholine rings is 1. The Morgan fingerprint density at radius 1 is 1.09 bits per heavy atom. The quantitative estimate of drug-likeness (QED) is 0.840. The van der Waals surface area contributed by atoms with Gasteiger partial charge >= 0.3 is 0 Å².